The van der Waals surface area contributed by atoms with E-state index in [2.05, 4.69) is 23.0 Å². The van der Waals surface area contributed by atoms with Gasteiger partial charge >= 0.3 is 0 Å². The van der Waals surface area contributed by atoms with Crippen LogP contribution in [0.25, 0.3) is 44.3 Å². The van der Waals surface area contributed by atoms with Crippen molar-refractivity contribution in [1.29, 1.82) is 0 Å². The summed E-state index contributed by atoms with van der Waals surface area (Å²) in [6, 6.07) is 34.0. The number of hydrogen-bond acceptors (Lipinski definition) is 3. The molecule has 0 saturated carbocycles. The van der Waals surface area contributed by atoms with E-state index < -0.39 is 0 Å². The summed E-state index contributed by atoms with van der Waals surface area (Å²) in [4.78, 5) is 42.4. The van der Waals surface area contributed by atoms with Crippen molar-refractivity contribution in [2.75, 3.05) is 0 Å². The van der Waals surface area contributed by atoms with Gasteiger partial charge in [0.05, 0.1) is 0 Å². The molecule has 6 aromatic rings. The van der Waals surface area contributed by atoms with Crippen molar-refractivity contribution >= 4 is 27.6 Å². The van der Waals surface area contributed by atoms with E-state index >= 15 is 0 Å². The summed E-state index contributed by atoms with van der Waals surface area (Å²) in [5.74, 6) is -0.0431. The summed E-state index contributed by atoms with van der Waals surface area (Å²) in [6.45, 7) is 3.58. The van der Waals surface area contributed by atoms with Gasteiger partial charge in [0.2, 0.25) is 0 Å². The van der Waals surface area contributed by atoms with Gasteiger partial charge in [0, 0.05) is 50.9 Å². The average Bonchev–Trinajstić information content (AvgIpc) is 2.98. The summed E-state index contributed by atoms with van der Waals surface area (Å²) in [6.07, 6.45) is 0.940. The molecule has 0 atom stereocenters. The number of carbonyl (C=O) groups excluding carboxylic acids is 1. The monoisotopic (exact) mass is 528 g/mol. The summed E-state index contributed by atoms with van der Waals surface area (Å²) >= 11 is 0. The van der Waals surface area contributed by atoms with Gasteiger partial charge in [0.1, 0.15) is 0 Å². The van der Waals surface area contributed by atoms with E-state index in [0.717, 1.165) is 45.4 Å². The predicted octanol–water partition coefficient (Wildman–Crippen LogP) is 7.79. The SMILES string of the molecule is C.CC(=O)c1ccc2[nH]c(-c3ccccc3)cc(=O)c2c1.CCc1ccc2[nH]c(-c3ccccc3)cc(=O)c2c1. The first kappa shape index (κ1) is 28.0. The molecule has 0 spiro atoms. The first-order valence-electron chi connectivity index (χ1n) is 12.9. The second kappa shape index (κ2) is 12.2. The fraction of sp³-hybridized carbons (Fsp3) is 0.114. The van der Waals surface area contributed by atoms with Gasteiger partial charge in [0.25, 0.3) is 0 Å². The highest BCUT2D eigenvalue weighted by molar-refractivity contribution is 5.98. The molecule has 6 rings (SSSR count). The van der Waals surface area contributed by atoms with Crippen LogP contribution in [-0.2, 0) is 6.42 Å². The van der Waals surface area contributed by atoms with Crippen LogP contribution < -0.4 is 10.9 Å². The first-order chi connectivity index (χ1) is 18.9. The highest BCUT2D eigenvalue weighted by Gasteiger charge is 2.07. The molecular weight excluding hydrogens is 496 g/mol. The molecule has 2 aromatic heterocycles. The lowest BCUT2D eigenvalue weighted by molar-refractivity contribution is 0.101. The normalized spacial score (nSPS) is 10.4. The van der Waals surface area contributed by atoms with Crippen molar-refractivity contribution in [2.24, 2.45) is 0 Å². The maximum absolute atomic E-state index is 12.2. The van der Waals surface area contributed by atoms with Gasteiger partial charge in [-0.1, -0.05) is 81.1 Å². The lowest BCUT2D eigenvalue weighted by Gasteiger charge is -2.05. The lowest BCUT2D eigenvalue weighted by Crippen LogP contribution is -2.04. The summed E-state index contributed by atoms with van der Waals surface area (Å²) in [5, 5.41) is 1.30. The Bertz CT molecular complexity index is 1900. The Kier molecular flexibility index (Phi) is 8.55. The molecule has 0 saturated heterocycles. The minimum Gasteiger partial charge on any atom is -0.354 e. The minimum atomic E-state index is -0.0827. The van der Waals surface area contributed by atoms with Gasteiger partial charge in [-0.05, 0) is 60.4 Å². The van der Waals surface area contributed by atoms with Crippen LogP contribution in [0.15, 0.2) is 119 Å². The molecule has 5 heteroatoms. The summed E-state index contributed by atoms with van der Waals surface area (Å²) in [5.41, 5.74) is 6.98. The number of aromatic amines is 2. The molecule has 4 aromatic carbocycles. The maximum atomic E-state index is 12.2. The van der Waals surface area contributed by atoms with Gasteiger partial charge in [-0.15, -0.1) is 0 Å². The number of fused-ring (bicyclic) bond motifs is 2. The first-order valence-corrected chi connectivity index (χ1v) is 12.9. The van der Waals surface area contributed by atoms with E-state index in [1.165, 1.54) is 12.5 Å². The third-order valence-electron chi connectivity index (χ3n) is 6.71. The number of hydrogen-bond donors (Lipinski definition) is 2. The van der Waals surface area contributed by atoms with Crippen LogP contribution in [-0.4, -0.2) is 15.8 Å². The molecule has 0 radical (unpaired) electrons. The van der Waals surface area contributed by atoms with E-state index in [1.54, 1.807) is 30.3 Å². The maximum Gasteiger partial charge on any atom is 0.190 e. The van der Waals surface area contributed by atoms with Crippen molar-refractivity contribution in [2.45, 2.75) is 27.7 Å². The Morgan fingerprint density at radius 3 is 1.57 bits per heavy atom. The Labute approximate surface area is 233 Å². The highest BCUT2D eigenvalue weighted by atomic mass is 16.1. The predicted molar refractivity (Wildman–Crippen MR) is 166 cm³/mol. The largest absolute Gasteiger partial charge is 0.354 e. The Balaban J connectivity index is 0.000000181. The number of aryl methyl sites for hydroxylation is 1. The summed E-state index contributed by atoms with van der Waals surface area (Å²) in [7, 11) is 0. The van der Waals surface area contributed by atoms with Crippen molar-refractivity contribution in [3.63, 3.8) is 0 Å². The lowest BCUT2D eigenvalue weighted by atomic mass is 10.1. The molecule has 0 aliphatic carbocycles. The quantitative estimate of drug-likeness (QED) is 0.229. The molecule has 0 unspecified atom stereocenters. The van der Waals surface area contributed by atoms with E-state index in [1.807, 2.05) is 72.8 Å². The molecule has 0 fully saturated rings. The van der Waals surface area contributed by atoms with Gasteiger partial charge < -0.3 is 9.97 Å². The van der Waals surface area contributed by atoms with E-state index in [0.29, 0.717) is 10.9 Å². The summed E-state index contributed by atoms with van der Waals surface area (Å²) < 4.78 is 0. The van der Waals surface area contributed by atoms with Gasteiger partial charge in [-0.3, -0.25) is 14.4 Å². The van der Waals surface area contributed by atoms with Crippen LogP contribution in [0.1, 0.15) is 37.2 Å². The molecule has 40 heavy (non-hydrogen) atoms. The van der Waals surface area contributed by atoms with Gasteiger partial charge in [-0.25, -0.2) is 0 Å². The van der Waals surface area contributed by atoms with Crippen molar-refractivity contribution in [3.05, 3.63) is 141 Å². The van der Waals surface area contributed by atoms with Crippen LogP contribution >= 0.6 is 0 Å². The van der Waals surface area contributed by atoms with Crippen LogP contribution in [0, 0.1) is 0 Å². The van der Waals surface area contributed by atoms with Gasteiger partial charge in [0.15, 0.2) is 16.6 Å². The van der Waals surface area contributed by atoms with Crippen LogP contribution in [0.5, 0.6) is 0 Å². The van der Waals surface area contributed by atoms with E-state index in [-0.39, 0.29) is 24.1 Å². The zero-order valence-corrected chi connectivity index (χ0v) is 21.8. The molecule has 0 amide bonds. The number of rotatable bonds is 4. The molecule has 2 heterocycles. The van der Waals surface area contributed by atoms with Crippen molar-refractivity contribution in [1.82, 2.24) is 9.97 Å². The standard InChI is InChI=1S/C17H13NO2.C17H15NO.CH4/c1-11(19)13-7-8-15-14(9-13)17(20)10-16(18-15)12-5-3-2-4-6-12;1-2-12-8-9-15-14(10-12)17(19)11-16(18-15)13-6-4-3-5-7-13;/h2-10H,1H3,(H,18,20);3-11H,2H2,1H3,(H,18,19);1H4. The fourth-order valence-electron chi connectivity index (χ4n) is 4.53. The van der Waals surface area contributed by atoms with Crippen molar-refractivity contribution in [3.8, 4) is 22.5 Å². The number of pyridine rings is 2. The zero-order chi connectivity index (χ0) is 27.4. The molecule has 5 nitrogen and oxygen atoms in total. The zero-order valence-electron chi connectivity index (χ0n) is 21.8. The fourth-order valence-corrected chi connectivity index (χ4v) is 4.53. The van der Waals surface area contributed by atoms with E-state index in [9.17, 15) is 14.4 Å². The molecule has 0 aliphatic rings. The Hall–Kier alpha value is -5.03. The van der Waals surface area contributed by atoms with E-state index in [4.69, 9.17) is 0 Å². The highest BCUT2D eigenvalue weighted by Crippen LogP contribution is 2.20. The number of ketones is 1. The van der Waals surface area contributed by atoms with Crippen LogP contribution in [0.2, 0.25) is 0 Å². The number of H-pyrrole nitrogens is 2. The van der Waals surface area contributed by atoms with Crippen LogP contribution in [0.4, 0.5) is 0 Å². The van der Waals surface area contributed by atoms with Crippen molar-refractivity contribution < 1.29 is 4.79 Å². The molecular formula is C35H32N2O3. The minimum absolute atomic E-state index is 0. The molecule has 2 N–H and O–H groups in total. The Morgan fingerprint density at radius 1 is 0.625 bits per heavy atom. The number of aromatic nitrogens is 2. The molecule has 0 bridgehead atoms. The second-order valence-electron chi connectivity index (χ2n) is 9.38. The number of nitrogens with one attached hydrogen (secondary N) is 2. The topological polar surface area (TPSA) is 82.8 Å². The van der Waals surface area contributed by atoms with Crippen LogP contribution in [0.3, 0.4) is 0 Å². The smallest absolute Gasteiger partial charge is 0.190 e. The number of benzene rings is 4. The average molecular weight is 529 g/mol. The second-order valence-corrected chi connectivity index (χ2v) is 9.38. The molecule has 0 aliphatic heterocycles. The number of carbonyl (C=O) groups is 1. The Morgan fingerprint density at radius 2 is 1.10 bits per heavy atom. The van der Waals surface area contributed by atoms with Gasteiger partial charge in [-0.2, -0.15) is 0 Å². The third-order valence-corrected chi connectivity index (χ3v) is 6.71. The molecule has 200 valence electrons. The third kappa shape index (κ3) is 6.00. The number of Topliss-reactive ketones (excluding diaryl/α,β-unsaturated/α-hetero) is 1.